The van der Waals surface area contributed by atoms with Gasteiger partial charge in [-0.05, 0) is 24.5 Å². The maximum Gasteiger partial charge on any atom is 0.0245 e. The van der Waals surface area contributed by atoms with Crippen molar-refractivity contribution in [2.75, 3.05) is 0 Å². The summed E-state index contributed by atoms with van der Waals surface area (Å²) >= 11 is 0. The van der Waals surface area contributed by atoms with Gasteiger partial charge in [0.1, 0.15) is 0 Å². The second kappa shape index (κ2) is 6.05. The molecule has 1 rings (SSSR count). The molecule has 0 bridgehead atoms. The van der Waals surface area contributed by atoms with Gasteiger partial charge in [-0.3, -0.25) is 0 Å². The topological polar surface area (TPSA) is 0 Å². The third-order valence-electron chi connectivity index (χ3n) is 2.03. The smallest absolute Gasteiger partial charge is 0.0245 e. The highest BCUT2D eigenvalue weighted by Gasteiger charge is 1.94. The van der Waals surface area contributed by atoms with Crippen molar-refractivity contribution in [1.82, 2.24) is 0 Å². The van der Waals surface area contributed by atoms with E-state index in [1.807, 2.05) is 36.4 Å². The molecule has 0 aliphatic carbocycles. The molecule has 14 heavy (non-hydrogen) atoms. The van der Waals surface area contributed by atoms with Crippen molar-refractivity contribution < 1.29 is 0 Å². The van der Waals surface area contributed by atoms with Crippen LogP contribution in [0.4, 0.5) is 0 Å². The van der Waals surface area contributed by atoms with E-state index in [0.29, 0.717) is 5.92 Å². The first-order valence-corrected chi connectivity index (χ1v) is 4.97. The Bertz CT molecular complexity index is 324. The van der Waals surface area contributed by atoms with E-state index in [1.54, 1.807) is 0 Å². The fourth-order valence-corrected chi connectivity index (χ4v) is 1.22. The summed E-state index contributed by atoms with van der Waals surface area (Å²) in [5, 5.41) is 0. The number of allylic oxidation sites excluding steroid dienone is 1. The molecule has 0 N–H and O–H groups in total. The monoisotopic (exact) mass is 184 g/mol. The lowest BCUT2D eigenvalue weighted by Gasteiger charge is -2.00. The summed E-state index contributed by atoms with van der Waals surface area (Å²) in [4.78, 5) is 0. The van der Waals surface area contributed by atoms with Crippen molar-refractivity contribution in [1.29, 1.82) is 0 Å². The molecule has 0 nitrogen and oxygen atoms in total. The molecule has 0 heteroatoms. The number of rotatable bonds is 3. The quantitative estimate of drug-likeness (QED) is 0.497. The van der Waals surface area contributed by atoms with Gasteiger partial charge < -0.3 is 0 Å². The van der Waals surface area contributed by atoms with Crippen LogP contribution in [0.3, 0.4) is 0 Å². The molecule has 0 heterocycles. The minimum atomic E-state index is 0.615. The zero-order valence-electron chi connectivity index (χ0n) is 8.66. The average Bonchev–Trinajstić information content (AvgIpc) is 2.20. The van der Waals surface area contributed by atoms with Crippen LogP contribution in [-0.4, -0.2) is 0 Å². The van der Waals surface area contributed by atoms with E-state index in [4.69, 9.17) is 0 Å². The second-order valence-electron chi connectivity index (χ2n) is 3.50. The lowest BCUT2D eigenvalue weighted by molar-refractivity contribution is 0.614. The van der Waals surface area contributed by atoms with Gasteiger partial charge in [-0.15, -0.1) is 6.58 Å². The molecule has 0 saturated heterocycles. The predicted molar refractivity (Wildman–Crippen MR) is 61.9 cm³/mol. The molecule has 0 spiro atoms. The number of benzene rings is 1. The Balaban J connectivity index is 2.45. The molecule has 0 fully saturated rings. The van der Waals surface area contributed by atoms with Crippen LogP contribution in [0.1, 0.15) is 25.3 Å². The molecule has 0 aliphatic rings. The van der Waals surface area contributed by atoms with Crippen LogP contribution in [0.25, 0.3) is 0 Å². The van der Waals surface area contributed by atoms with E-state index in [9.17, 15) is 0 Å². The Hall–Kier alpha value is -1.48. The summed E-state index contributed by atoms with van der Waals surface area (Å²) in [5.41, 5.74) is 1.10. The summed E-state index contributed by atoms with van der Waals surface area (Å²) in [5.74, 6) is 6.95. The molecule has 1 aromatic rings. The summed E-state index contributed by atoms with van der Waals surface area (Å²) in [6, 6.07) is 10.1. The van der Waals surface area contributed by atoms with Crippen LogP contribution in [0.5, 0.6) is 0 Å². The summed E-state index contributed by atoms with van der Waals surface area (Å²) in [6.45, 7) is 5.91. The van der Waals surface area contributed by atoms with Crippen molar-refractivity contribution in [3.05, 3.63) is 48.6 Å². The Morgan fingerprint density at radius 1 is 1.36 bits per heavy atom. The van der Waals surface area contributed by atoms with Gasteiger partial charge in [0.15, 0.2) is 0 Å². The largest absolute Gasteiger partial charge is 0.103 e. The normalized spacial score (nSPS) is 11.2. The number of hydrogen-bond acceptors (Lipinski definition) is 0. The van der Waals surface area contributed by atoms with E-state index >= 15 is 0 Å². The third kappa shape index (κ3) is 3.96. The van der Waals surface area contributed by atoms with Gasteiger partial charge in [-0.1, -0.05) is 43.0 Å². The van der Waals surface area contributed by atoms with Crippen LogP contribution in [0, 0.1) is 17.8 Å². The highest BCUT2D eigenvalue weighted by atomic mass is 14.0. The highest BCUT2D eigenvalue weighted by Crippen LogP contribution is 2.06. The summed E-state index contributed by atoms with van der Waals surface area (Å²) in [7, 11) is 0. The first-order chi connectivity index (χ1) is 6.83. The molecule has 0 aliphatic heterocycles. The van der Waals surface area contributed by atoms with Gasteiger partial charge in [0, 0.05) is 12.0 Å². The fourth-order valence-electron chi connectivity index (χ4n) is 1.22. The molecule has 0 saturated carbocycles. The Morgan fingerprint density at radius 3 is 2.71 bits per heavy atom. The zero-order valence-corrected chi connectivity index (χ0v) is 8.66. The van der Waals surface area contributed by atoms with E-state index in [2.05, 4.69) is 25.3 Å². The van der Waals surface area contributed by atoms with Crippen molar-refractivity contribution in [3.63, 3.8) is 0 Å². The van der Waals surface area contributed by atoms with Crippen LogP contribution >= 0.6 is 0 Å². The first-order valence-electron chi connectivity index (χ1n) is 4.97. The van der Waals surface area contributed by atoms with Gasteiger partial charge in [0.2, 0.25) is 0 Å². The molecule has 1 unspecified atom stereocenters. The third-order valence-corrected chi connectivity index (χ3v) is 2.03. The van der Waals surface area contributed by atoms with Gasteiger partial charge in [0.05, 0.1) is 0 Å². The molecule has 0 aromatic heterocycles. The molecule has 0 radical (unpaired) electrons. The lowest BCUT2D eigenvalue weighted by Crippen LogP contribution is -1.89. The van der Waals surface area contributed by atoms with Crippen LogP contribution in [0.15, 0.2) is 43.0 Å². The zero-order chi connectivity index (χ0) is 10.2. The van der Waals surface area contributed by atoms with Crippen LogP contribution < -0.4 is 0 Å². The summed E-state index contributed by atoms with van der Waals surface area (Å²) < 4.78 is 0. The lowest BCUT2D eigenvalue weighted by atomic mass is 10.0. The maximum atomic E-state index is 3.72. The van der Waals surface area contributed by atoms with E-state index in [1.165, 1.54) is 0 Å². The van der Waals surface area contributed by atoms with E-state index in [-0.39, 0.29) is 0 Å². The van der Waals surface area contributed by atoms with Crippen molar-refractivity contribution in [3.8, 4) is 11.8 Å². The van der Waals surface area contributed by atoms with Gasteiger partial charge >= 0.3 is 0 Å². The molecule has 1 atom stereocenters. The molecular weight excluding hydrogens is 168 g/mol. The standard InChI is InChI=1S/C14H16/c1-3-8-13(2)9-7-12-14-10-5-4-6-11-14/h3-6,10-11,13H,1,8-9H2,2H3. The number of hydrogen-bond donors (Lipinski definition) is 0. The van der Waals surface area contributed by atoms with Crippen LogP contribution in [0.2, 0.25) is 0 Å². The second-order valence-corrected chi connectivity index (χ2v) is 3.50. The first kappa shape index (κ1) is 10.6. The Labute approximate surface area is 86.7 Å². The van der Waals surface area contributed by atoms with Crippen LogP contribution in [-0.2, 0) is 0 Å². The Morgan fingerprint density at radius 2 is 2.07 bits per heavy atom. The molecule has 0 amide bonds. The van der Waals surface area contributed by atoms with E-state index < -0.39 is 0 Å². The fraction of sp³-hybridized carbons (Fsp3) is 0.286. The maximum absolute atomic E-state index is 3.72. The average molecular weight is 184 g/mol. The predicted octanol–water partition coefficient (Wildman–Crippen LogP) is 3.64. The van der Waals surface area contributed by atoms with Gasteiger partial charge in [0.25, 0.3) is 0 Å². The minimum Gasteiger partial charge on any atom is -0.103 e. The van der Waals surface area contributed by atoms with Crippen molar-refractivity contribution in [2.45, 2.75) is 19.8 Å². The van der Waals surface area contributed by atoms with Gasteiger partial charge in [-0.25, -0.2) is 0 Å². The minimum absolute atomic E-state index is 0.615. The molecular formula is C14H16. The van der Waals surface area contributed by atoms with E-state index in [0.717, 1.165) is 18.4 Å². The highest BCUT2D eigenvalue weighted by molar-refractivity contribution is 5.33. The van der Waals surface area contributed by atoms with Crippen molar-refractivity contribution in [2.24, 2.45) is 5.92 Å². The van der Waals surface area contributed by atoms with Crippen molar-refractivity contribution >= 4 is 0 Å². The SMILES string of the molecule is C=CCC(C)CC#Cc1ccccc1. The summed E-state index contributed by atoms with van der Waals surface area (Å²) in [6.07, 6.45) is 3.94. The Kier molecular flexibility index (Phi) is 4.58. The molecule has 1 aromatic carbocycles. The molecule has 72 valence electrons. The van der Waals surface area contributed by atoms with Gasteiger partial charge in [-0.2, -0.15) is 0 Å².